The second-order valence-electron chi connectivity index (χ2n) is 8.34. The van der Waals surface area contributed by atoms with E-state index in [9.17, 15) is 19.7 Å². The number of esters is 2. The van der Waals surface area contributed by atoms with Crippen molar-refractivity contribution in [3.63, 3.8) is 0 Å². The number of nitrogens with one attached hydrogen (secondary N) is 1. The number of nitrogens with zero attached hydrogens (tertiary/aromatic N) is 2. The first kappa shape index (κ1) is 28.5. The van der Waals surface area contributed by atoms with Crippen LogP contribution in [0.2, 0.25) is 0 Å². The lowest BCUT2D eigenvalue weighted by molar-refractivity contribution is -0.384. The second kappa shape index (κ2) is 12.9. The number of nitro groups is 1. The monoisotopic (exact) mass is 515 g/mol. The summed E-state index contributed by atoms with van der Waals surface area (Å²) in [5, 5.41) is 14.4. The smallest absolute Gasteiger partial charge is 0.336 e. The zero-order valence-corrected chi connectivity index (χ0v) is 21.5. The first-order valence-electron chi connectivity index (χ1n) is 11.1. The molecule has 9 nitrogen and oxygen atoms in total. The van der Waals surface area contributed by atoms with Crippen LogP contribution in [0.3, 0.4) is 0 Å². The molecule has 0 aromatic heterocycles. The molecule has 0 saturated heterocycles. The summed E-state index contributed by atoms with van der Waals surface area (Å²) in [6.45, 7) is 4.74. The third-order valence-corrected chi connectivity index (χ3v) is 5.80. The third-order valence-electron chi connectivity index (χ3n) is 5.80. The molecule has 36 heavy (non-hydrogen) atoms. The second-order valence-corrected chi connectivity index (χ2v) is 8.34. The van der Waals surface area contributed by atoms with Crippen LogP contribution in [-0.2, 0) is 25.6 Å². The number of hydrogen-bond acceptors (Lipinski definition) is 8. The first-order valence-corrected chi connectivity index (χ1v) is 11.1. The number of allylic oxidation sites excluding steroid dienone is 2. The lowest BCUT2D eigenvalue weighted by Gasteiger charge is -2.30. The molecule has 3 rings (SSSR count). The predicted molar refractivity (Wildman–Crippen MR) is 137 cm³/mol. The number of carbonyl (C=O) groups is 2. The molecule has 0 fully saturated rings. The van der Waals surface area contributed by atoms with Crippen LogP contribution >= 0.6 is 12.4 Å². The van der Waals surface area contributed by atoms with Crippen molar-refractivity contribution in [2.24, 2.45) is 0 Å². The number of rotatable bonds is 9. The van der Waals surface area contributed by atoms with Crippen molar-refractivity contribution in [2.75, 3.05) is 27.3 Å². The van der Waals surface area contributed by atoms with Crippen molar-refractivity contribution in [3.05, 3.63) is 98.4 Å². The van der Waals surface area contributed by atoms with Crippen LogP contribution in [0.15, 0.2) is 77.1 Å². The fourth-order valence-electron chi connectivity index (χ4n) is 4.14. The van der Waals surface area contributed by atoms with Gasteiger partial charge in [-0.3, -0.25) is 15.0 Å². The maximum atomic E-state index is 13.3. The van der Waals surface area contributed by atoms with Gasteiger partial charge in [0.05, 0.1) is 29.1 Å². The number of nitro benzene ring substituents is 1. The molecule has 1 atom stereocenters. The molecule has 192 valence electrons. The summed E-state index contributed by atoms with van der Waals surface area (Å²) in [6, 6.07) is 15.8. The van der Waals surface area contributed by atoms with Gasteiger partial charge in [0.1, 0.15) is 6.61 Å². The summed E-state index contributed by atoms with van der Waals surface area (Å²) in [6.07, 6.45) is 0. The van der Waals surface area contributed by atoms with Gasteiger partial charge in [0.2, 0.25) is 0 Å². The number of carbonyl (C=O) groups excluding carboxylic acids is 2. The SMILES string of the molecule is COC(=O)C1=C(C)NC(C)=C(C(=O)OCCN(C)Cc2ccccc2)[C@@H]1c1cccc([N+](=O)[O-])c1.Cl. The van der Waals surface area contributed by atoms with Crippen molar-refractivity contribution >= 4 is 30.0 Å². The molecule has 0 radical (unpaired) electrons. The lowest BCUT2D eigenvalue weighted by atomic mass is 9.80. The molecule has 0 spiro atoms. The van der Waals surface area contributed by atoms with Gasteiger partial charge in [-0.25, -0.2) is 9.59 Å². The maximum absolute atomic E-state index is 13.3. The average molecular weight is 516 g/mol. The standard InChI is InChI=1S/C26H29N3O6.ClH/c1-17-22(25(30)34-4)24(20-11-8-12-21(15-20)29(32)33)23(18(2)27-17)26(31)35-14-13-28(3)16-19-9-6-5-7-10-19;/h5-12,15,24,27H,13-14,16H2,1-4H3;1H/t24-;/m1./s1. The minimum atomic E-state index is -0.877. The Balaban J connectivity index is 0.00000456. The van der Waals surface area contributed by atoms with E-state index in [0.29, 0.717) is 30.0 Å². The van der Waals surface area contributed by atoms with E-state index < -0.39 is 22.8 Å². The first-order chi connectivity index (χ1) is 16.7. The molecule has 2 aromatic rings. The normalized spacial score (nSPS) is 15.2. The summed E-state index contributed by atoms with van der Waals surface area (Å²) >= 11 is 0. The van der Waals surface area contributed by atoms with Gasteiger partial charge >= 0.3 is 11.9 Å². The van der Waals surface area contributed by atoms with Crippen LogP contribution in [0.25, 0.3) is 0 Å². The van der Waals surface area contributed by atoms with E-state index in [1.54, 1.807) is 19.9 Å². The quantitative estimate of drug-likeness (QED) is 0.302. The molecule has 1 N–H and O–H groups in total. The highest BCUT2D eigenvalue weighted by Crippen LogP contribution is 2.40. The Morgan fingerprint density at radius 3 is 2.28 bits per heavy atom. The molecule has 0 bridgehead atoms. The number of ether oxygens (including phenoxy) is 2. The maximum Gasteiger partial charge on any atom is 0.336 e. The van der Waals surface area contributed by atoms with Crippen LogP contribution in [0.4, 0.5) is 5.69 Å². The van der Waals surface area contributed by atoms with Gasteiger partial charge in [0.15, 0.2) is 0 Å². The number of halogens is 1. The molecule has 0 unspecified atom stereocenters. The highest BCUT2D eigenvalue weighted by atomic mass is 35.5. The predicted octanol–water partition coefficient (Wildman–Crippen LogP) is 4.10. The average Bonchev–Trinajstić information content (AvgIpc) is 2.83. The Labute approximate surface area is 216 Å². The zero-order valence-electron chi connectivity index (χ0n) is 20.6. The third kappa shape index (κ3) is 6.71. The largest absolute Gasteiger partial charge is 0.466 e. The lowest BCUT2D eigenvalue weighted by Crippen LogP contribution is -2.33. The summed E-state index contributed by atoms with van der Waals surface area (Å²) < 4.78 is 10.6. The van der Waals surface area contributed by atoms with E-state index in [4.69, 9.17) is 9.47 Å². The van der Waals surface area contributed by atoms with Gasteiger partial charge in [-0.15, -0.1) is 12.4 Å². The number of likely N-dealkylation sites (N-methyl/N-ethyl adjacent to an activating group) is 1. The van der Waals surface area contributed by atoms with E-state index in [2.05, 4.69) is 5.32 Å². The fraction of sp³-hybridized carbons (Fsp3) is 0.308. The molecule has 2 aromatic carbocycles. The van der Waals surface area contributed by atoms with E-state index in [1.807, 2.05) is 42.3 Å². The summed E-state index contributed by atoms with van der Waals surface area (Å²) in [5.74, 6) is -2.11. The van der Waals surface area contributed by atoms with Gasteiger partial charge in [-0.05, 0) is 32.0 Å². The summed E-state index contributed by atoms with van der Waals surface area (Å²) in [7, 11) is 3.18. The number of dihydropyridines is 1. The number of non-ortho nitro benzene ring substituents is 1. The van der Waals surface area contributed by atoms with E-state index in [-0.39, 0.29) is 35.8 Å². The van der Waals surface area contributed by atoms with Crippen molar-refractivity contribution in [2.45, 2.75) is 26.3 Å². The van der Waals surface area contributed by atoms with Crippen LogP contribution in [-0.4, -0.2) is 49.1 Å². The molecule has 1 aliphatic rings. The van der Waals surface area contributed by atoms with Gasteiger partial charge in [0, 0.05) is 36.6 Å². The fourth-order valence-corrected chi connectivity index (χ4v) is 4.14. The van der Waals surface area contributed by atoms with Crippen LogP contribution < -0.4 is 5.32 Å². The summed E-state index contributed by atoms with van der Waals surface area (Å²) in [4.78, 5) is 38.8. The highest BCUT2D eigenvalue weighted by Gasteiger charge is 2.38. The van der Waals surface area contributed by atoms with Gasteiger partial charge in [0.25, 0.3) is 5.69 Å². The van der Waals surface area contributed by atoms with Gasteiger partial charge < -0.3 is 14.8 Å². The van der Waals surface area contributed by atoms with E-state index >= 15 is 0 Å². The number of methoxy groups -OCH3 is 1. The van der Waals surface area contributed by atoms with Crippen molar-refractivity contribution in [1.29, 1.82) is 0 Å². The highest BCUT2D eigenvalue weighted by molar-refractivity contribution is 5.99. The van der Waals surface area contributed by atoms with Crippen LogP contribution in [0, 0.1) is 10.1 Å². The number of hydrogen-bond donors (Lipinski definition) is 1. The molecular formula is C26H30ClN3O6. The minimum Gasteiger partial charge on any atom is -0.466 e. The Hall–Kier alpha value is -3.69. The van der Waals surface area contributed by atoms with Crippen LogP contribution in [0.1, 0.15) is 30.9 Å². The van der Waals surface area contributed by atoms with Gasteiger partial charge in [-0.2, -0.15) is 0 Å². The number of benzene rings is 2. The molecule has 0 saturated carbocycles. The molecule has 10 heteroatoms. The Morgan fingerprint density at radius 2 is 1.67 bits per heavy atom. The minimum absolute atomic E-state index is 0. The van der Waals surface area contributed by atoms with Crippen LogP contribution in [0.5, 0.6) is 0 Å². The molecule has 0 amide bonds. The molecule has 1 heterocycles. The van der Waals surface area contributed by atoms with Gasteiger partial charge in [-0.1, -0.05) is 42.5 Å². The zero-order chi connectivity index (χ0) is 25.5. The Bertz CT molecular complexity index is 1180. The van der Waals surface area contributed by atoms with E-state index in [1.165, 1.54) is 25.3 Å². The van der Waals surface area contributed by atoms with Crippen molar-refractivity contribution in [1.82, 2.24) is 10.2 Å². The molecule has 0 aliphatic carbocycles. The Kier molecular flexibility index (Phi) is 10.2. The Morgan fingerprint density at radius 1 is 1.03 bits per heavy atom. The van der Waals surface area contributed by atoms with E-state index in [0.717, 1.165) is 5.56 Å². The summed E-state index contributed by atoms with van der Waals surface area (Å²) in [5.41, 5.74) is 2.85. The molecule has 1 aliphatic heterocycles. The molecular weight excluding hydrogens is 486 g/mol. The van der Waals surface area contributed by atoms with Crippen molar-refractivity contribution in [3.8, 4) is 0 Å². The van der Waals surface area contributed by atoms with Crippen molar-refractivity contribution < 1.29 is 24.0 Å². The topological polar surface area (TPSA) is 111 Å².